The highest BCUT2D eigenvalue weighted by Crippen LogP contribution is 2.30. The van der Waals surface area contributed by atoms with Gasteiger partial charge in [0, 0.05) is 51.8 Å². The molecule has 1 atom stereocenters. The van der Waals surface area contributed by atoms with Gasteiger partial charge in [0.05, 0.1) is 17.7 Å². The molecule has 0 radical (unpaired) electrons. The molecule has 1 saturated heterocycles. The van der Waals surface area contributed by atoms with Crippen LogP contribution in [0.25, 0.3) is 0 Å². The number of aromatic nitrogens is 2. The molecular weight excluding hydrogens is 402 g/mol. The highest BCUT2D eigenvalue weighted by atomic mass is 32.2. The van der Waals surface area contributed by atoms with Gasteiger partial charge in [0.15, 0.2) is 0 Å². The van der Waals surface area contributed by atoms with Crippen molar-refractivity contribution < 1.29 is 13.2 Å². The molecule has 1 aromatic carbocycles. The van der Waals surface area contributed by atoms with E-state index in [4.69, 9.17) is 14.7 Å². The van der Waals surface area contributed by atoms with Gasteiger partial charge < -0.3 is 14.5 Å². The lowest BCUT2D eigenvalue weighted by Crippen LogP contribution is -2.39. The number of rotatable bonds is 7. The largest absolute Gasteiger partial charge is 0.497 e. The summed E-state index contributed by atoms with van der Waals surface area (Å²) in [4.78, 5) is 13.8. The topological polar surface area (TPSA) is 78.9 Å². The van der Waals surface area contributed by atoms with E-state index in [2.05, 4.69) is 4.90 Å². The van der Waals surface area contributed by atoms with Crippen LogP contribution in [-0.4, -0.2) is 76.0 Å². The lowest BCUT2D eigenvalue weighted by atomic mass is 9.98. The van der Waals surface area contributed by atoms with E-state index in [1.54, 1.807) is 28.6 Å². The van der Waals surface area contributed by atoms with Crippen molar-refractivity contribution in [2.24, 2.45) is 0 Å². The van der Waals surface area contributed by atoms with Crippen molar-refractivity contribution in [3.05, 3.63) is 41.9 Å². The van der Waals surface area contributed by atoms with Crippen LogP contribution in [0.15, 0.2) is 35.2 Å². The first-order valence-electron chi connectivity index (χ1n) is 10.0. The Bertz CT molecular complexity index is 978. The normalized spacial score (nSPS) is 17.9. The van der Waals surface area contributed by atoms with Crippen LogP contribution in [0.2, 0.25) is 0 Å². The predicted octanol–water partition coefficient (Wildman–Crippen LogP) is 2.18. The summed E-state index contributed by atoms with van der Waals surface area (Å²) in [5, 5.41) is 0. The first-order valence-corrected chi connectivity index (χ1v) is 11.5. The lowest BCUT2D eigenvalue weighted by molar-refractivity contribution is 0.308. The van der Waals surface area contributed by atoms with Crippen LogP contribution >= 0.6 is 0 Å². The van der Waals surface area contributed by atoms with Crippen LogP contribution in [0.4, 0.5) is 5.82 Å². The van der Waals surface area contributed by atoms with E-state index in [0.717, 1.165) is 24.4 Å². The second-order valence-electron chi connectivity index (χ2n) is 8.09. The Kier molecular flexibility index (Phi) is 6.95. The SMILES string of the molecule is COc1cccc(S(=O)(=O)N2CCCC(c3nc(CN(C)C)cc(N(C)C)n3)C2)c1. The zero-order valence-corrected chi connectivity index (χ0v) is 19.2. The summed E-state index contributed by atoms with van der Waals surface area (Å²) >= 11 is 0. The van der Waals surface area contributed by atoms with Crippen molar-refractivity contribution in [3.63, 3.8) is 0 Å². The van der Waals surface area contributed by atoms with Crippen LogP contribution in [0.1, 0.15) is 30.3 Å². The molecule has 164 valence electrons. The summed E-state index contributed by atoms with van der Waals surface area (Å²) in [6, 6.07) is 8.60. The van der Waals surface area contributed by atoms with E-state index in [-0.39, 0.29) is 10.8 Å². The Morgan fingerprint density at radius 3 is 2.60 bits per heavy atom. The second-order valence-corrected chi connectivity index (χ2v) is 10.0. The van der Waals surface area contributed by atoms with Crippen molar-refractivity contribution in [1.29, 1.82) is 0 Å². The number of nitrogens with zero attached hydrogens (tertiary/aromatic N) is 5. The molecule has 30 heavy (non-hydrogen) atoms. The van der Waals surface area contributed by atoms with Crippen LogP contribution in [-0.2, 0) is 16.6 Å². The molecule has 1 aliphatic heterocycles. The van der Waals surface area contributed by atoms with Crippen LogP contribution in [0, 0.1) is 0 Å². The Balaban J connectivity index is 1.89. The second kappa shape index (κ2) is 9.28. The molecule has 0 amide bonds. The van der Waals surface area contributed by atoms with E-state index >= 15 is 0 Å². The highest BCUT2D eigenvalue weighted by molar-refractivity contribution is 7.89. The van der Waals surface area contributed by atoms with Gasteiger partial charge >= 0.3 is 0 Å². The molecule has 0 spiro atoms. The molecular formula is C21H31N5O3S. The molecule has 0 N–H and O–H groups in total. The van der Waals surface area contributed by atoms with Crippen molar-refractivity contribution in [2.75, 3.05) is 53.3 Å². The molecule has 9 heteroatoms. The molecule has 1 aromatic heterocycles. The maximum atomic E-state index is 13.2. The zero-order chi connectivity index (χ0) is 21.9. The number of ether oxygens (including phenoxy) is 1. The summed E-state index contributed by atoms with van der Waals surface area (Å²) < 4.78 is 33.2. The molecule has 1 fully saturated rings. The number of hydrogen-bond acceptors (Lipinski definition) is 7. The molecule has 3 rings (SSSR count). The van der Waals surface area contributed by atoms with Gasteiger partial charge in [0.25, 0.3) is 0 Å². The molecule has 2 heterocycles. The van der Waals surface area contributed by atoms with Gasteiger partial charge in [0.1, 0.15) is 17.4 Å². The van der Waals surface area contributed by atoms with Crippen LogP contribution in [0.3, 0.4) is 0 Å². The summed E-state index contributed by atoms with van der Waals surface area (Å²) in [6.45, 7) is 1.57. The number of piperidine rings is 1. The van der Waals surface area contributed by atoms with E-state index in [1.165, 1.54) is 7.11 Å². The monoisotopic (exact) mass is 433 g/mol. The minimum atomic E-state index is -3.61. The number of methoxy groups -OCH3 is 1. The van der Waals surface area contributed by atoms with E-state index in [9.17, 15) is 8.42 Å². The van der Waals surface area contributed by atoms with Crippen LogP contribution < -0.4 is 9.64 Å². The minimum absolute atomic E-state index is 0.0417. The molecule has 0 saturated carbocycles. The molecule has 1 unspecified atom stereocenters. The average molecular weight is 434 g/mol. The van der Waals surface area contributed by atoms with Gasteiger partial charge in [-0.1, -0.05) is 6.07 Å². The van der Waals surface area contributed by atoms with Gasteiger partial charge in [-0.3, -0.25) is 0 Å². The quantitative estimate of drug-likeness (QED) is 0.662. The number of hydrogen-bond donors (Lipinski definition) is 0. The third-order valence-corrected chi connectivity index (χ3v) is 7.01. The first-order chi connectivity index (χ1) is 14.2. The number of sulfonamides is 1. The number of anilines is 1. The highest BCUT2D eigenvalue weighted by Gasteiger charge is 2.32. The summed E-state index contributed by atoms with van der Waals surface area (Å²) in [6.07, 6.45) is 1.63. The summed E-state index contributed by atoms with van der Waals surface area (Å²) in [5.41, 5.74) is 0.932. The zero-order valence-electron chi connectivity index (χ0n) is 18.4. The molecule has 1 aliphatic rings. The Labute approximate surface area is 179 Å². The van der Waals surface area contributed by atoms with E-state index in [0.29, 0.717) is 31.2 Å². The summed E-state index contributed by atoms with van der Waals surface area (Å²) in [5.74, 6) is 2.04. The fraction of sp³-hybridized carbons (Fsp3) is 0.524. The molecule has 0 bridgehead atoms. The van der Waals surface area contributed by atoms with E-state index < -0.39 is 10.0 Å². The predicted molar refractivity (Wildman–Crippen MR) is 117 cm³/mol. The van der Waals surface area contributed by atoms with Gasteiger partial charge in [-0.2, -0.15) is 4.31 Å². The first kappa shape index (κ1) is 22.5. The smallest absolute Gasteiger partial charge is 0.243 e. The third-order valence-electron chi connectivity index (χ3n) is 5.15. The van der Waals surface area contributed by atoms with Crippen LogP contribution in [0.5, 0.6) is 5.75 Å². The maximum absolute atomic E-state index is 13.2. The fourth-order valence-electron chi connectivity index (χ4n) is 3.60. The van der Waals surface area contributed by atoms with Gasteiger partial charge in [-0.05, 0) is 39.1 Å². The molecule has 8 nitrogen and oxygen atoms in total. The average Bonchev–Trinajstić information content (AvgIpc) is 2.73. The summed E-state index contributed by atoms with van der Waals surface area (Å²) in [7, 11) is 5.82. The van der Waals surface area contributed by atoms with Gasteiger partial charge in [0.2, 0.25) is 10.0 Å². The standard InChI is InChI=1S/C21H31N5O3S/c1-24(2)15-17-12-20(25(3)4)23-21(22-17)16-8-7-11-26(14-16)30(27,28)19-10-6-9-18(13-19)29-5/h6,9-10,12-13,16H,7-8,11,14-15H2,1-5H3. The van der Waals surface area contributed by atoms with Gasteiger partial charge in [-0.15, -0.1) is 0 Å². The van der Waals surface area contributed by atoms with Crippen molar-refractivity contribution in [1.82, 2.24) is 19.2 Å². The van der Waals surface area contributed by atoms with Gasteiger partial charge in [-0.25, -0.2) is 18.4 Å². The van der Waals surface area contributed by atoms with Crippen molar-refractivity contribution in [3.8, 4) is 5.75 Å². The van der Waals surface area contributed by atoms with Crippen molar-refractivity contribution >= 4 is 15.8 Å². The Morgan fingerprint density at radius 1 is 1.17 bits per heavy atom. The van der Waals surface area contributed by atoms with E-state index in [1.807, 2.05) is 39.2 Å². The fourth-order valence-corrected chi connectivity index (χ4v) is 5.16. The van der Waals surface area contributed by atoms with Crippen molar-refractivity contribution in [2.45, 2.75) is 30.2 Å². The lowest BCUT2D eigenvalue weighted by Gasteiger charge is -2.31. The minimum Gasteiger partial charge on any atom is -0.497 e. The Hall–Kier alpha value is -2.23. The Morgan fingerprint density at radius 2 is 1.93 bits per heavy atom. The third kappa shape index (κ3) is 5.08. The maximum Gasteiger partial charge on any atom is 0.243 e. The molecule has 0 aliphatic carbocycles. The molecule has 2 aromatic rings. The number of benzene rings is 1.